The average Bonchev–Trinajstić information content (AvgIpc) is 2.34. The summed E-state index contributed by atoms with van der Waals surface area (Å²) in [6, 6.07) is 0. The maximum atomic E-state index is 10.3. The normalized spacial score (nSPS) is 39.9. The Hall–Kier alpha value is 0.130. The summed E-state index contributed by atoms with van der Waals surface area (Å²) in [6.07, 6.45) is 4.92. The Bertz CT molecular complexity index is 299. The van der Waals surface area contributed by atoms with Crippen molar-refractivity contribution in [3.05, 3.63) is 21.8 Å². The zero-order valence-electron chi connectivity index (χ0n) is 11.1. The lowest BCUT2D eigenvalue weighted by atomic mass is 9.80. The van der Waals surface area contributed by atoms with Gasteiger partial charge in [0.2, 0.25) is 0 Å². The van der Waals surface area contributed by atoms with E-state index in [-0.39, 0.29) is 30.1 Å². The summed E-state index contributed by atoms with van der Waals surface area (Å²) >= 11 is 2.24. The second-order valence-corrected chi connectivity index (χ2v) is 5.58. The minimum absolute atomic E-state index is 0.0494. The quantitative estimate of drug-likeness (QED) is 0.621. The zero-order chi connectivity index (χ0) is 13.0. The van der Waals surface area contributed by atoms with E-state index in [9.17, 15) is 5.11 Å². The third kappa shape index (κ3) is 3.55. The van der Waals surface area contributed by atoms with Gasteiger partial charge in [-0.25, -0.2) is 0 Å². The predicted molar refractivity (Wildman–Crippen MR) is 80.2 cm³/mol. The van der Waals surface area contributed by atoms with E-state index < -0.39 is 0 Å². The molecule has 1 heterocycles. The fourth-order valence-electron chi connectivity index (χ4n) is 2.44. The second kappa shape index (κ2) is 6.90. The van der Waals surface area contributed by atoms with Gasteiger partial charge in [0, 0.05) is 11.8 Å². The molecule has 0 radical (unpaired) electrons. The molecule has 5 atom stereocenters. The standard InChI is InChI=1S/C14H23IO2/c1-5-6-7-12-10(3)13(16)11(4)14(17-12)9(2)8-15/h5-6,8,10-14,16H,7H2,1-4H3/t10-,11+,12+,13-,14-/m0/s1. The third-order valence-electron chi connectivity index (χ3n) is 3.69. The smallest absolute Gasteiger partial charge is 0.0844 e. The van der Waals surface area contributed by atoms with Crippen molar-refractivity contribution in [3.8, 4) is 0 Å². The molecule has 0 aromatic carbocycles. The van der Waals surface area contributed by atoms with Crippen LogP contribution in [0.3, 0.4) is 0 Å². The van der Waals surface area contributed by atoms with E-state index in [4.69, 9.17) is 4.74 Å². The van der Waals surface area contributed by atoms with Crippen molar-refractivity contribution in [2.75, 3.05) is 0 Å². The van der Waals surface area contributed by atoms with Crippen molar-refractivity contribution in [3.63, 3.8) is 0 Å². The van der Waals surface area contributed by atoms with Crippen molar-refractivity contribution >= 4 is 22.6 Å². The Balaban J connectivity index is 2.82. The Labute approximate surface area is 118 Å². The molecule has 0 aliphatic carbocycles. The van der Waals surface area contributed by atoms with Gasteiger partial charge in [0.1, 0.15) is 0 Å². The molecule has 0 aromatic heterocycles. The molecule has 17 heavy (non-hydrogen) atoms. The van der Waals surface area contributed by atoms with Crippen LogP contribution in [0.15, 0.2) is 21.8 Å². The first-order valence-corrected chi connectivity index (χ1v) is 7.49. The number of allylic oxidation sites excluding steroid dienone is 1. The minimum atomic E-state index is -0.282. The van der Waals surface area contributed by atoms with Crippen molar-refractivity contribution in [1.82, 2.24) is 0 Å². The van der Waals surface area contributed by atoms with Gasteiger partial charge in [-0.3, -0.25) is 0 Å². The van der Waals surface area contributed by atoms with Gasteiger partial charge in [-0.05, 0) is 29.9 Å². The van der Waals surface area contributed by atoms with Crippen molar-refractivity contribution < 1.29 is 9.84 Å². The molecule has 1 N–H and O–H groups in total. The number of halogens is 1. The highest BCUT2D eigenvalue weighted by Crippen LogP contribution is 2.35. The molecule has 3 heteroatoms. The molecular formula is C14H23IO2. The highest BCUT2D eigenvalue weighted by molar-refractivity contribution is 14.1. The number of hydrogen-bond donors (Lipinski definition) is 1. The molecule has 0 amide bonds. The van der Waals surface area contributed by atoms with Crippen LogP contribution in [0.4, 0.5) is 0 Å². The molecule has 1 aliphatic heterocycles. The number of hydrogen-bond acceptors (Lipinski definition) is 2. The lowest BCUT2D eigenvalue weighted by molar-refractivity contribution is -0.148. The highest BCUT2D eigenvalue weighted by Gasteiger charge is 2.40. The molecular weight excluding hydrogens is 327 g/mol. The van der Waals surface area contributed by atoms with Crippen LogP contribution in [0.1, 0.15) is 34.1 Å². The zero-order valence-corrected chi connectivity index (χ0v) is 13.2. The van der Waals surface area contributed by atoms with Crippen molar-refractivity contribution in [2.45, 2.75) is 52.4 Å². The number of aliphatic hydroxyl groups excluding tert-OH is 1. The molecule has 0 aromatic rings. The van der Waals surface area contributed by atoms with Gasteiger partial charge >= 0.3 is 0 Å². The maximum Gasteiger partial charge on any atom is 0.0844 e. The summed E-state index contributed by atoms with van der Waals surface area (Å²) in [5.41, 5.74) is 1.20. The van der Waals surface area contributed by atoms with Crippen LogP contribution in [-0.2, 0) is 4.74 Å². The molecule has 0 saturated carbocycles. The summed E-state index contributed by atoms with van der Waals surface area (Å²) in [7, 11) is 0. The Kier molecular flexibility index (Phi) is 6.17. The minimum Gasteiger partial charge on any atom is -0.392 e. The van der Waals surface area contributed by atoms with Crippen LogP contribution in [0.25, 0.3) is 0 Å². The van der Waals surface area contributed by atoms with Gasteiger partial charge in [-0.15, -0.1) is 0 Å². The van der Waals surface area contributed by atoms with Crippen LogP contribution < -0.4 is 0 Å². The SMILES string of the molecule is CC=CC[C@H]1O[C@@H](C(C)=CI)[C@H](C)[C@@H](O)[C@H]1C. The molecule has 2 nitrogen and oxygen atoms in total. The fourth-order valence-corrected chi connectivity index (χ4v) is 2.79. The molecule has 0 bridgehead atoms. The maximum absolute atomic E-state index is 10.3. The Morgan fingerprint density at radius 1 is 1.35 bits per heavy atom. The highest BCUT2D eigenvalue weighted by atomic mass is 127. The average molecular weight is 350 g/mol. The first-order chi connectivity index (χ1) is 8.02. The first-order valence-electron chi connectivity index (χ1n) is 6.24. The monoisotopic (exact) mass is 350 g/mol. The van der Waals surface area contributed by atoms with E-state index in [1.54, 1.807) is 0 Å². The Morgan fingerprint density at radius 3 is 2.53 bits per heavy atom. The summed E-state index contributed by atoms with van der Waals surface area (Å²) in [4.78, 5) is 0. The lowest BCUT2D eigenvalue weighted by Crippen LogP contribution is -2.49. The molecule has 0 spiro atoms. The van der Waals surface area contributed by atoms with Crippen LogP contribution in [0.5, 0.6) is 0 Å². The summed E-state index contributed by atoms with van der Waals surface area (Å²) in [5, 5.41) is 10.3. The van der Waals surface area contributed by atoms with Gasteiger partial charge < -0.3 is 9.84 Å². The summed E-state index contributed by atoms with van der Waals surface area (Å²) in [5.74, 6) is 0.359. The van der Waals surface area contributed by atoms with E-state index in [0.29, 0.717) is 0 Å². The van der Waals surface area contributed by atoms with Gasteiger partial charge in [-0.2, -0.15) is 0 Å². The topological polar surface area (TPSA) is 29.5 Å². The summed E-state index contributed by atoms with van der Waals surface area (Å²) < 4.78 is 8.20. The molecule has 0 unspecified atom stereocenters. The van der Waals surface area contributed by atoms with Gasteiger partial charge in [-0.1, -0.05) is 48.6 Å². The van der Waals surface area contributed by atoms with Crippen molar-refractivity contribution in [2.24, 2.45) is 11.8 Å². The van der Waals surface area contributed by atoms with E-state index >= 15 is 0 Å². The molecule has 1 saturated heterocycles. The first kappa shape index (κ1) is 15.2. The fraction of sp³-hybridized carbons (Fsp3) is 0.714. The number of ether oxygens (including phenoxy) is 1. The van der Waals surface area contributed by atoms with Crippen LogP contribution in [0, 0.1) is 11.8 Å². The molecule has 1 fully saturated rings. The lowest BCUT2D eigenvalue weighted by Gasteiger charge is -2.43. The molecule has 98 valence electrons. The predicted octanol–water partition coefficient (Wildman–Crippen LogP) is 3.69. The van der Waals surface area contributed by atoms with Crippen molar-refractivity contribution in [1.29, 1.82) is 0 Å². The number of aliphatic hydroxyl groups is 1. The largest absolute Gasteiger partial charge is 0.392 e. The molecule has 1 rings (SSSR count). The van der Waals surface area contributed by atoms with E-state index in [1.165, 1.54) is 5.57 Å². The Morgan fingerprint density at radius 2 is 2.00 bits per heavy atom. The van der Waals surface area contributed by atoms with Gasteiger partial charge in [0.25, 0.3) is 0 Å². The van der Waals surface area contributed by atoms with E-state index in [1.807, 2.05) is 17.1 Å². The second-order valence-electron chi connectivity index (χ2n) is 4.96. The van der Waals surface area contributed by atoms with Crippen LogP contribution in [0.2, 0.25) is 0 Å². The van der Waals surface area contributed by atoms with Crippen LogP contribution >= 0.6 is 22.6 Å². The van der Waals surface area contributed by atoms with E-state index in [2.05, 4.69) is 49.4 Å². The van der Waals surface area contributed by atoms with E-state index in [0.717, 1.165) is 6.42 Å². The number of rotatable bonds is 3. The van der Waals surface area contributed by atoms with Gasteiger partial charge in [0.05, 0.1) is 18.3 Å². The van der Waals surface area contributed by atoms with Crippen LogP contribution in [-0.4, -0.2) is 23.4 Å². The third-order valence-corrected chi connectivity index (χ3v) is 4.67. The molecule has 1 aliphatic rings. The van der Waals surface area contributed by atoms with Gasteiger partial charge in [0.15, 0.2) is 0 Å². The summed E-state index contributed by atoms with van der Waals surface area (Å²) in [6.45, 7) is 8.24.